The zero-order chi connectivity index (χ0) is 13.9. The average Bonchev–Trinajstić information content (AvgIpc) is 3.12. The summed E-state index contributed by atoms with van der Waals surface area (Å²) in [5.74, 6) is 0.110. The van der Waals surface area contributed by atoms with Gasteiger partial charge in [-0.05, 0) is 37.8 Å². The monoisotopic (exact) mass is 272 g/mol. The van der Waals surface area contributed by atoms with Gasteiger partial charge in [0.2, 0.25) is 0 Å². The standard InChI is InChI=1S/C16H20N2O2/c19-11-3-6-13-5-2-10-18(13)16(20)14-7-1-4-12-8-9-17-15(12)14/h1,4,7-9,13,17,19H,2-3,5-6,10-11H2. The predicted molar refractivity (Wildman–Crippen MR) is 78.7 cm³/mol. The lowest BCUT2D eigenvalue weighted by atomic mass is 10.1. The highest BCUT2D eigenvalue weighted by atomic mass is 16.3. The number of nitrogens with one attached hydrogen (secondary N) is 1. The van der Waals surface area contributed by atoms with Gasteiger partial charge < -0.3 is 15.0 Å². The van der Waals surface area contributed by atoms with Crippen molar-refractivity contribution in [3.8, 4) is 0 Å². The fraction of sp³-hybridized carbons (Fsp3) is 0.438. The van der Waals surface area contributed by atoms with Crippen LogP contribution in [0.4, 0.5) is 0 Å². The van der Waals surface area contributed by atoms with Gasteiger partial charge in [-0.25, -0.2) is 0 Å². The number of rotatable bonds is 4. The lowest BCUT2D eigenvalue weighted by Gasteiger charge is -2.25. The van der Waals surface area contributed by atoms with Gasteiger partial charge >= 0.3 is 0 Å². The van der Waals surface area contributed by atoms with Gasteiger partial charge in [0.05, 0.1) is 11.1 Å². The molecule has 1 aliphatic rings. The molecule has 4 heteroatoms. The Morgan fingerprint density at radius 3 is 3.15 bits per heavy atom. The number of carbonyl (C=O) groups excluding carboxylic acids is 1. The number of hydrogen-bond acceptors (Lipinski definition) is 2. The van der Waals surface area contributed by atoms with Crippen molar-refractivity contribution in [1.82, 2.24) is 9.88 Å². The van der Waals surface area contributed by atoms with Gasteiger partial charge in [0.15, 0.2) is 0 Å². The Hall–Kier alpha value is -1.81. The van der Waals surface area contributed by atoms with E-state index in [-0.39, 0.29) is 18.6 Å². The summed E-state index contributed by atoms with van der Waals surface area (Å²) in [5, 5.41) is 10.0. The Morgan fingerprint density at radius 1 is 1.40 bits per heavy atom. The van der Waals surface area contributed by atoms with E-state index in [9.17, 15) is 4.79 Å². The van der Waals surface area contributed by atoms with Crippen LogP contribution in [-0.2, 0) is 0 Å². The van der Waals surface area contributed by atoms with E-state index >= 15 is 0 Å². The minimum Gasteiger partial charge on any atom is -0.396 e. The molecule has 1 amide bonds. The lowest BCUT2D eigenvalue weighted by Crippen LogP contribution is -2.35. The first-order valence-corrected chi connectivity index (χ1v) is 7.29. The van der Waals surface area contributed by atoms with E-state index in [0.29, 0.717) is 0 Å². The fourth-order valence-electron chi connectivity index (χ4n) is 3.15. The van der Waals surface area contributed by atoms with E-state index in [0.717, 1.165) is 48.7 Å². The average molecular weight is 272 g/mol. The molecule has 2 aromatic rings. The number of H-pyrrole nitrogens is 1. The highest BCUT2D eigenvalue weighted by Crippen LogP contribution is 2.26. The zero-order valence-electron chi connectivity index (χ0n) is 11.5. The lowest BCUT2D eigenvalue weighted by molar-refractivity contribution is 0.0726. The SMILES string of the molecule is O=C(c1cccc2cc[nH]c12)N1CCCC1CCCO. The number of carbonyl (C=O) groups is 1. The van der Waals surface area contributed by atoms with E-state index < -0.39 is 0 Å². The molecule has 0 saturated carbocycles. The van der Waals surface area contributed by atoms with Gasteiger partial charge in [-0.1, -0.05) is 12.1 Å². The van der Waals surface area contributed by atoms with Crippen molar-refractivity contribution >= 4 is 16.8 Å². The summed E-state index contributed by atoms with van der Waals surface area (Å²) >= 11 is 0. The molecular weight excluding hydrogens is 252 g/mol. The third-order valence-corrected chi connectivity index (χ3v) is 4.15. The van der Waals surface area contributed by atoms with Crippen molar-refractivity contribution in [3.63, 3.8) is 0 Å². The largest absolute Gasteiger partial charge is 0.396 e. The number of aromatic amines is 1. The maximum absolute atomic E-state index is 12.8. The van der Waals surface area contributed by atoms with E-state index in [1.807, 2.05) is 35.4 Å². The quantitative estimate of drug-likeness (QED) is 0.898. The Balaban J connectivity index is 1.86. The van der Waals surface area contributed by atoms with Crippen LogP contribution < -0.4 is 0 Å². The van der Waals surface area contributed by atoms with Crippen molar-refractivity contribution in [2.45, 2.75) is 31.7 Å². The third kappa shape index (κ3) is 2.31. The number of amides is 1. The second-order valence-corrected chi connectivity index (χ2v) is 5.41. The van der Waals surface area contributed by atoms with Gasteiger partial charge in [0.1, 0.15) is 0 Å². The first-order chi connectivity index (χ1) is 9.81. The van der Waals surface area contributed by atoms with Crippen LogP contribution in [0, 0.1) is 0 Å². The van der Waals surface area contributed by atoms with Crippen molar-refractivity contribution in [1.29, 1.82) is 0 Å². The molecule has 4 nitrogen and oxygen atoms in total. The van der Waals surface area contributed by atoms with Crippen LogP contribution in [0.2, 0.25) is 0 Å². The molecule has 106 valence electrons. The number of benzene rings is 1. The third-order valence-electron chi connectivity index (χ3n) is 4.15. The summed E-state index contributed by atoms with van der Waals surface area (Å²) in [6.07, 6.45) is 5.63. The summed E-state index contributed by atoms with van der Waals surface area (Å²) in [7, 11) is 0. The van der Waals surface area contributed by atoms with Gasteiger partial charge in [0.25, 0.3) is 5.91 Å². The van der Waals surface area contributed by atoms with Crippen LogP contribution in [0.3, 0.4) is 0 Å². The van der Waals surface area contributed by atoms with Crippen LogP contribution >= 0.6 is 0 Å². The van der Waals surface area contributed by atoms with Crippen LogP contribution in [0.15, 0.2) is 30.5 Å². The molecule has 1 atom stereocenters. The Kier molecular flexibility index (Phi) is 3.74. The van der Waals surface area contributed by atoms with Crippen molar-refractivity contribution in [2.24, 2.45) is 0 Å². The Morgan fingerprint density at radius 2 is 2.30 bits per heavy atom. The minimum atomic E-state index is 0.110. The number of nitrogens with zero attached hydrogens (tertiary/aromatic N) is 1. The van der Waals surface area contributed by atoms with Gasteiger partial charge in [0, 0.05) is 30.8 Å². The number of hydrogen-bond donors (Lipinski definition) is 2. The molecule has 3 rings (SSSR count). The molecule has 1 unspecified atom stereocenters. The number of aliphatic hydroxyl groups is 1. The molecule has 20 heavy (non-hydrogen) atoms. The Bertz CT molecular complexity index is 605. The number of aromatic nitrogens is 1. The fourth-order valence-corrected chi connectivity index (χ4v) is 3.15. The maximum Gasteiger partial charge on any atom is 0.256 e. The highest BCUT2D eigenvalue weighted by molar-refractivity contribution is 6.05. The van der Waals surface area contributed by atoms with Crippen molar-refractivity contribution < 1.29 is 9.90 Å². The first kappa shape index (κ1) is 13.2. The summed E-state index contributed by atoms with van der Waals surface area (Å²) in [5.41, 5.74) is 1.67. The van der Waals surface area contributed by atoms with E-state index in [4.69, 9.17) is 5.11 Å². The summed E-state index contributed by atoms with van der Waals surface area (Å²) in [4.78, 5) is 17.9. The minimum absolute atomic E-state index is 0.110. The smallest absolute Gasteiger partial charge is 0.256 e. The number of para-hydroxylation sites is 1. The highest BCUT2D eigenvalue weighted by Gasteiger charge is 2.29. The van der Waals surface area contributed by atoms with Crippen LogP contribution in [0.1, 0.15) is 36.0 Å². The molecule has 0 spiro atoms. The van der Waals surface area contributed by atoms with Crippen LogP contribution in [0.5, 0.6) is 0 Å². The van der Waals surface area contributed by atoms with E-state index in [1.165, 1.54) is 0 Å². The molecule has 1 fully saturated rings. The second kappa shape index (κ2) is 5.67. The maximum atomic E-state index is 12.8. The van der Waals surface area contributed by atoms with Crippen molar-refractivity contribution in [3.05, 3.63) is 36.0 Å². The molecule has 0 radical (unpaired) electrons. The zero-order valence-corrected chi connectivity index (χ0v) is 11.5. The normalized spacial score (nSPS) is 18.9. The molecule has 2 N–H and O–H groups in total. The van der Waals surface area contributed by atoms with Crippen molar-refractivity contribution in [2.75, 3.05) is 13.2 Å². The molecule has 2 heterocycles. The molecule has 1 aromatic carbocycles. The van der Waals surface area contributed by atoms with Gasteiger partial charge in [-0.3, -0.25) is 4.79 Å². The van der Waals surface area contributed by atoms with E-state index in [1.54, 1.807) is 0 Å². The van der Waals surface area contributed by atoms with Crippen LogP contribution in [-0.4, -0.2) is 40.1 Å². The summed E-state index contributed by atoms with van der Waals surface area (Å²) in [6, 6.07) is 8.10. The number of aliphatic hydroxyl groups excluding tert-OH is 1. The van der Waals surface area contributed by atoms with Crippen LogP contribution in [0.25, 0.3) is 10.9 Å². The molecule has 0 aliphatic carbocycles. The van der Waals surface area contributed by atoms with Gasteiger partial charge in [-0.15, -0.1) is 0 Å². The molecule has 1 saturated heterocycles. The topological polar surface area (TPSA) is 56.3 Å². The van der Waals surface area contributed by atoms with E-state index in [2.05, 4.69) is 4.98 Å². The number of fused-ring (bicyclic) bond motifs is 1. The molecule has 1 aromatic heterocycles. The van der Waals surface area contributed by atoms with Gasteiger partial charge in [-0.2, -0.15) is 0 Å². The molecule has 1 aliphatic heterocycles. The summed E-state index contributed by atoms with van der Waals surface area (Å²) in [6.45, 7) is 1.02. The second-order valence-electron chi connectivity index (χ2n) is 5.41. The predicted octanol–water partition coefficient (Wildman–Crippen LogP) is 2.55. The summed E-state index contributed by atoms with van der Waals surface area (Å²) < 4.78 is 0. The Labute approximate surface area is 118 Å². The molecular formula is C16H20N2O2. The molecule has 0 bridgehead atoms. The first-order valence-electron chi connectivity index (χ1n) is 7.29. The number of likely N-dealkylation sites (tertiary alicyclic amines) is 1.